The number of para-hydroxylation sites is 6. The van der Waals surface area contributed by atoms with E-state index in [-0.39, 0.29) is 37.0 Å². The number of carboxylic acid groups (broad SMARTS) is 3. The van der Waals surface area contributed by atoms with Gasteiger partial charge in [-0.05, 0) is 129 Å². The van der Waals surface area contributed by atoms with E-state index in [9.17, 15) is 44.1 Å². The van der Waals surface area contributed by atoms with Crippen molar-refractivity contribution in [1.82, 2.24) is 0 Å². The molecule has 3 aliphatic rings. The van der Waals surface area contributed by atoms with E-state index in [2.05, 4.69) is 0 Å². The summed E-state index contributed by atoms with van der Waals surface area (Å²) in [7, 11) is 11.6. The predicted octanol–water partition coefficient (Wildman–Crippen LogP) is 21.0. The summed E-state index contributed by atoms with van der Waals surface area (Å²) >= 11 is 38.5. The highest BCUT2D eigenvalue weighted by Crippen LogP contribution is 2.46. The van der Waals surface area contributed by atoms with Gasteiger partial charge < -0.3 is 15.3 Å². The monoisotopic (exact) mass is 1450 g/mol. The van der Waals surface area contributed by atoms with Crippen molar-refractivity contribution in [2.75, 3.05) is 32.0 Å². The summed E-state index contributed by atoms with van der Waals surface area (Å²) in [5, 5.41) is 32.0. The lowest BCUT2D eigenvalue weighted by Gasteiger charge is -2.27. The first-order chi connectivity index (χ1) is 43.4. The number of halogens is 6. The van der Waals surface area contributed by atoms with Crippen molar-refractivity contribution in [3.05, 3.63) is 174 Å². The van der Waals surface area contributed by atoms with Crippen molar-refractivity contribution in [2.24, 2.45) is 0 Å². The number of aliphatic carboxylic acids is 3. The second-order valence-corrected chi connectivity index (χ2v) is 32.0. The zero-order valence-corrected chi connectivity index (χ0v) is 58.5. The summed E-state index contributed by atoms with van der Waals surface area (Å²) < 4.78 is 0. The molecule has 9 rings (SSSR count). The van der Waals surface area contributed by atoms with Crippen LogP contribution in [-0.4, -0.2) is 84.0 Å². The second-order valence-electron chi connectivity index (χ2n) is 21.2. The summed E-state index contributed by atoms with van der Waals surface area (Å²) in [6.45, 7) is 0. The average Bonchev–Trinajstić information content (AvgIpc) is 1.26. The molecule has 0 aromatic heterocycles. The summed E-state index contributed by atoms with van der Waals surface area (Å²) in [6.07, 6.45) is 12.7. The molecule has 0 aliphatic carbocycles. The average molecular weight is 1450 g/mol. The molecule has 3 amide bonds. The number of benzene rings is 6. The van der Waals surface area contributed by atoms with Gasteiger partial charge in [0.25, 0.3) is 0 Å². The van der Waals surface area contributed by atoms with Gasteiger partial charge >= 0.3 is 17.9 Å². The molecule has 3 saturated heterocycles. The minimum Gasteiger partial charge on any atom is -0.481 e. The SMILES string of the molecule is O=C(O)Cc1ccccc1N(C(=O)CCCCC1CCSS1)c1c(Cl)cccc1Cl.O=C(O)Cc1ccccc1N(C(=O)CCCC[C@@H]1CCSS1)c1c(Cl)cccc1Cl.O=C(O)Cc1ccccc1N(C(=O)CCCC[C@H]1CCSS1)c1c(Cl)cccc1Cl. The lowest BCUT2D eigenvalue weighted by molar-refractivity contribution is -0.137. The Balaban J connectivity index is 0.000000192. The van der Waals surface area contributed by atoms with Crippen molar-refractivity contribution in [3.8, 4) is 0 Å². The Kier molecular flexibility index (Phi) is 31.3. The molecule has 24 heteroatoms. The van der Waals surface area contributed by atoms with Gasteiger partial charge in [0.05, 0.1) is 83.5 Å². The first-order valence-electron chi connectivity index (χ1n) is 29.5. The fourth-order valence-corrected chi connectivity index (χ4v) is 21.1. The van der Waals surface area contributed by atoms with Gasteiger partial charge in [-0.1, -0.05) is 226 Å². The van der Waals surface area contributed by atoms with Gasteiger partial charge in [-0.3, -0.25) is 43.5 Å². The third-order valence-corrected chi connectivity index (χ3v) is 25.5. The molecule has 3 heterocycles. The van der Waals surface area contributed by atoms with E-state index in [4.69, 9.17) is 69.6 Å². The lowest BCUT2D eigenvalue weighted by atomic mass is 10.1. The number of anilines is 6. The Morgan fingerprint density at radius 1 is 0.356 bits per heavy atom. The van der Waals surface area contributed by atoms with Crippen LogP contribution < -0.4 is 14.7 Å². The maximum atomic E-state index is 13.3. The van der Waals surface area contributed by atoms with Crippen LogP contribution >= 0.6 is 134 Å². The normalized spacial score (nSPS) is 15.9. The van der Waals surface area contributed by atoms with E-state index in [0.717, 1.165) is 57.8 Å². The maximum absolute atomic E-state index is 13.3. The quantitative estimate of drug-likeness (QED) is 0.0328. The number of rotatable bonds is 27. The molecule has 1 unspecified atom stereocenters. The van der Waals surface area contributed by atoms with Crippen LogP contribution in [0.4, 0.5) is 34.1 Å². The largest absolute Gasteiger partial charge is 0.481 e. The highest BCUT2D eigenvalue weighted by molar-refractivity contribution is 8.78. The van der Waals surface area contributed by atoms with Crippen molar-refractivity contribution in [1.29, 1.82) is 0 Å². The number of unbranched alkanes of at least 4 members (excludes halogenated alkanes) is 3. The first-order valence-corrected chi connectivity index (χ1v) is 38.9. The highest BCUT2D eigenvalue weighted by atomic mass is 35.5. The minimum atomic E-state index is -0.966. The maximum Gasteiger partial charge on any atom is 0.307 e. The van der Waals surface area contributed by atoms with Crippen molar-refractivity contribution in [3.63, 3.8) is 0 Å². The lowest BCUT2D eigenvalue weighted by Crippen LogP contribution is -2.27. The third kappa shape index (κ3) is 22.3. The molecule has 0 saturated carbocycles. The number of carbonyl (C=O) groups is 6. The topological polar surface area (TPSA) is 173 Å². The van der Waals surface area contributed by atoms with Gasteiger partial charge in [-0.15, -0.1) is 0 Å². The molecule has 3 aliphatic heterocycles. The van der Waals surface area contributed by atoms with Crippen LogP contribution in [0.5, 0.6) is 0 Å². The smallest absolute Gasteiger partial charge is 0.307 e. The Labute approximate surface area is 580 Å². The molecule has 3 fully saturated rings. The van der Waals surface area contributed by atoms with Crippen LogP contribution in [0.25, 0.3) is 0 Å². The van der Waals surface area contributed by atoms with Crippen LogP contribution in [0, 0.1) is 0 Å². The summed E-state index contributed by atoms with van der Waals surface area (Å²) in [5.41, 5.74) is 4.30. The molecule has 0 radical (unpaired) electrons. The van der Waals surface area contributed by atoms with E-state index >= 15 is 0 Å². The van der Waals surface area contributed by atoms with Crippen LogP contribution in [0.3, 0.4) is 0 Å². The Hall–Kier alpha value is -4.02. The standard InChI is InChI=1S/3C22H23Cl2NO3S2/c3*23-17-8-5-9-18(24)22(17)25(19-10-3-1-6-15(19)14-21(27)28)20(26)11-4-2-7-16-12-13-29-30-16/h3*1,3,5-6,8-10,16H,2,4,7,11-14H2,(H,27,28)/t2*16-;/m10./s1. The first kappa shape index (κ1) is 73.4. The molecule has 6 aromatic carbocycles. The molecular formula is C66H69Cl6N3O9S6. The van der Waals surface area contributed by atoms with Gasteiger partial charge in [0.1, 0.15) is 0 Å². The van der Waals surface area contributed by atoms with E-state index in [1.165, 1.54) is 51.2 Å². The summed E-state index contributed by atoms with van der Waals surface area (Å²) in [6, 6.07) is 36.2. The van der Waals surface area contributed by atoms with Gasteiger partial charge in [0, 0.05) is 52.3 Å². The molecule has 3 N–H and O–H groups in total. The van der Waals surface area contributed by atoms with Gasteiger partial charge in [-0.2, -0.15) is 0 Å². The summed E-state index contributed by atoms with van der Waals surface area (Å²) in [4.78, 5) is 78.6. The fourth-order valence-electron chi connectivity index (χ4n) is 10.3. The highest BCUT2D eigenvalue weighted by Gasteiger charge is 2.30. The Bertz CT molecular complexity index is 3000. The molecule has 90 heavy (non-hydrogen) atoms. The van der Waals surface area contributed by atoms with Gasteiger partial charge in [0.2, 0.25) is 17.7 Å². The number of amides is 3. The van der Waals surface area contributed by atoms with E-state index in [0.29, 0.717) is 116 Å². The van der Waals surface area contributed by atoms with E-state index in [1.54, 1.807) is 127 Å². The van der Waals surface area contributed by atoms with Crippen molar-refractivity contribution < 1.29 is 44.1 Å². The zero-order chi connectivity index (χ0) is 64.5. The molecule has 0 bridgehead atoms. The van der Waals surface area contributed by atoms with Crippen LogP contribution in [-0.2, 0) is 48.0 Å². The second kappa shape index (κ2) is 38.4. The van der Waals surface area contributed by atoms with Gasteiger partial charge in [-0.25, -0.2) is 0 Å². The van der Waals surface area contributed by atoms with Crippen LogP contribution in [0.15, 0.2) is 127 Å². The molecule has 12 nitrogen and oxygen atoms in total. The number of carbonyl (C=O) groups excluding carboxylic acids is 3. The fraction of sp³-hybridized carbons (Fsp3) is 0.364. The predicted molar refractivity (Wildman–Crippen MR) is 385 cm³/mol. The number of hydrogen-bond donors (Lipinski definition) is 3. The van der Waals surface area contributed by atoms with E-state index < -0.39 is 17.9 Å². The summed E-state index contributed by atoms with van der Waals surface area (Å²) in [5.74, 6) is 0.281. The molecule has 3 atom stereocenters. The number of carboxylic acids is 3. The van der Waals surface area contributed by atoms with Crippen molar-refractivity contribution >= 4 is 204 Å². The molecule has 0 spiro atoms. The van der Waals surface area contributed by atoms with Crippen LogP contribution in [0.1, 0.15) is 113 Å². The molecule has 6 aromatic rings. The Morgan fingerprint density at radius 2 is 0.600 bits per heavy atom. The zero-order valence-electron chi connectivity index (χ0n) is 49.1. The van der Waals surface area contributed by atoms with Crippen LogP contribution in [0.2, 0.25) is 30.1 Å². The number of hydrogen-bond acceptors (Lipinski definition) is 12. The molecular weight excluding hydrogens is 1380 g/mol. The number of nitrogens with zero attached hydrogens (tertiary/aromatic N) is 3. The minimum absolute atomic E-state index is 0.142. The third-order valence-electron chi connectivity index (χ3n) is 14.6. The van der Waals surface area contributed by atoms with E-state index in [1.807, 2.05) is 64.8 Å². The Morgan fingerprint density at radius 3 is 0.822 bits per heavy atom. The van der Waals surface area contributed by atoms with Gasteiger partial charge in [0.15, 0.2) is 0 Å². The molecule has 480 valence electrons. The van der Waals surface area contributed by atoms with Crippen molar-refractivity contribution in [2.45, 2.75) is 131 Å².